The van der Waals surface area contributed by atoms with Crippen LogP contribution in [0, 0.1) is 12.3 Å². The third-order valence-corrected chi connectivity index (χ3v) is 3.49. The van der Waals surface area contributed by atoms with Gasteiger partial charge in [0.15, 0.2) is 15.6 Å². The second-order valence-electron chi connectivity index (χ2n) is 3.92. The molecule has 0 atom stereocenters. The molecule has 0 heterocycles. The van der Waals surface area contributed by atoms with Gasteiger partial charge in [-0.05, 0) is 24.3 Å². The number of carbonyl (C=O) groups excluding carboxylic acids is 2. The quantitative estimate of drug-likeness (QED) is 0.641. The Morgan fingerprint density at radius 3 is 2.32 bits per heavy atom. The summed E-state index contributed by atoms with van der Waals surface area (Å²) in [4.78, 5) is 22.5. The van der Waals surface area contributed by atoms with Crippen molar-refractivity contribution in [3.8, 4) is 12.3 Å². The van der Waals surface area contributed by atoms with Crippen LogP contribution in [0.5, 0.6) is 0 Å². The summed E-state index contributed by atoms with van der Waals surface area (Å²) < 4.78 is 22.8. The number of anilines is 1. The van der Waals surface area contributed by atoms with Gasteiger partial charge in [-0.1, -0.05) is 5.92 Å². The monoisotopic (exact) mass is 279 g/mol. The van der Waals surface area contributed by atoms with Crippen molar-refractivity contribution in [3.63, 3.8) is 0 Å². The Bertz CT molecular complexity index is 624. The van der Waals surface area contributed by atoms with Crippen molar-refractivity contribution in [2.75, 3.05) is 16.8 Å². The van der Waals surface area contributed by atoms with Gasteiger partial charge in [0.25, 0.3) is 0 Å². The first-order valence-corrected chi connectivity index (χ1v) is 7.21. The summed E-state index contributed by atoms with van der Waals surface area (Å²) in [6.45, 7) is 1.37. The second-order valence-corrected chi connectivity index (χ2v) is 5.98. The molecule has 0 unspecified atom stereocenters. The first kappa shape index (κ1) is 14.9. The van der Waals surface area contributed by atoms with Crippen LogP contribution in [0.2, 0.25) is 0 Å². The molecular weight excluding hydrogens is 266 g/mol. The first-order chi connectivity index (χ1) is 8.84. The van der Waals surface area contributed by atoms with Crippen LogP contribution in [0.4, 0.5) is 5.69 Å². The number of ketones is 1. The van der Waals surface area contributed by atoms with Crippen LogP contribution < -0.4 is 5.32 Å². The molecule has 1 aromatic rings. The van der Waals surface area contributed by atoms with Crippen molar-refractivity contribution in [2.45, 2.75) is 6.92 Å². The highest BCUT2D eigenvalue weighted by atomic mass is 32.2. The summed E-state index contributed by atoms with van der Waals surface area (Å²) in [5.74, 6) is 0.188. The van der Waals surface area contributed by atoms with Crippen molar-refractivity contribution < 1.29 is 18.0 Å². The summed E-state index contributed by atoms with van der Waals surface area (Å²) in [6.07, 6.45) is 4.91. The van der Waals surface area contributed by atoms with Crippen molar-refractivity contribution in [3.05, 3.63) is 29.8 Å². The molecule has 0 saturated carbocycles. The third kappa shape index (κ3) is 4.94. The number of terminal acetylenes is 1. The molecular formula is C13H13NO4S. The van der Waals surface area contributed by atoms with Crippen molar-refractivity contribution in [1.29, 1.82) is 0 Å². The molecule has 0 spiro atoms. The molecule has 19 heavy (non-hydrogen) atoms. The highest BCUT2D eigenvalue weighted by Crippen LogP contribution is 2.11. The Labute approximate surface area is 111 Å². The van der Waals surface area contributed by atoms with Crippen LogP contribution in [0.3, 0.4) is 0 Å². The number of nitrogens with one attached hydrogen (secondary N) is 1. The van der Waals surface area contributed by atoms with E-state index in [2.05, 4.69) is 5.32 Å². The van der Waals surface area contributed by atoms with Gasteiger partial charge in [-0.15, -0.1) is 6.42 Å². The Morgan fingerprint density at radius 1 is 1.26 bits per heavy atom. The van der Waals surface area contributed by atoms with Crippen LogP contribution in [0.15, 0.2) is 24.3 Å². The SMILES string of the molecule is C#CCS(=O)(=O)CC(=O)c1ccc(NC(C)=O)cc1. The molecule has 1 rings (SSSR count). The van der Waals surface area contributed by atoms with Gasteiger partial charge in [0, 0.05) is 18.2 Å². The van der Waals surface area contributed by atoms with E-state index in [1.807, 2.05) is 5.92 Å². The van der Waals surface area contributed by atoms with E-state index in [4.69, 9.17) is 6.42 Å². The van der Waals surface area contributed by atoms with E-state index in [-0.39, 0.29) is 11.5 Å². The molecule has 5 nitrogen and oxygen atoms in total. The summed E-state index contributed by atoms with van der Waals surface area (Å²) in [6, 6.07) is 5.98. The van der Waals surface area contributed by atoms with Crippen LogP contribution >= 0.6 is 0 Å². The fraction of sp³-hybridized carbons (Fsp3) is 0.231. The zero-order chi connectivity index (χ0) is 14.5. The molecule has 0 aliphatic rings. The summed E-state index contributed by atoms with van der Waals surface area (Å²) in [7, 11) is -3.56. The van der Waals surface area contributed by atoms with E-state index in [1.54, 1.807) is 0 Å². The molecule has 0 fully saturated rings. The maximum absolute atomic E-state index is 11.7. The van der Waals surface area contributed by atoms with Gasteiger partial charge in [0.2, 0.25) is 5.91 Å². The highest BCUT2D eigenvalue weighted by Gasteiger charge is 2.16. The zero-order valence-electron chi connectivity index (χ0n) is 10.3. The number of hydrogen-bond acceptors (Lipinski definition) is 4. The largest absolute Gasteiger partial charge is 0.326 e. The van der Waals surface area contributed by atoms with Gasteiger partial charge in [-0.3, -0.25) is 9.59 Å². The number of hydrogen-bond donors (Lipinski definition) is 1. The molecule has 0 aliphatic heterocycles. The van der Waals surface area contributed by atoms with E-state index in [0.29, 0.717) is 5.69 Å². The topological polar surface area (TPSA) is 80.3 Å². The predicted octanol–water partition coefficient (Wildman–Crippen LogP) is 0.876. The van der Waals surface area contributed by atoms with Gasteiger partial charge < -0.3 is 5.32 Å². The minimum Gasteiger partial charge on any atom is -0.326 e. The lowest BCUT2D eigenvalue weighted by Gasteiger charge is -2.04. The molecule has 0 aromatic heterocycles. The van der Waals surface area contributed by atoms with E-state index in [1.165, 1.54) is 31.2 Å². The molecule has 6 heteroatoms. The first-order valence-electron chi connectivity index (χ1n) is 5.39. The lowest BCUT2D eigenvalue weighted by molar-refractivity contribution is -0.114. The van der Waals surface area contributed by atoms with Crippen LogP contribution in [-0.2, 0) is 14.6 Å². The van der Waals surface area contributed by atoms with E-state index >= 15 is 0 Å². The number of Topliss-reactive ketones (excluding diaryl/α,β-unsaturated/α-hetero) is 1. The summed E-state index contributed by atoms with van der Waals surface area (Å²) in [5.41, 5.74) is 0.797. The third-order valence-electron chi connectivity index (χ3n) is 2.18. The Kier molecular flexibility index (Phi) is 4.84. The van der Waals surface area contributed by atoms with Gasteiger partial charge in [-0.2, -0.15) is 0 Å². The Morgan fingerprint density at radius 2 is 1.84 bits per heavy atom. The lowest BCUT2D eigenvalue weighted by Crippen LogP contribution is -2.18. The molecule has 0 aliphatic carbocycles. The minimum absolute atomic E-state index is 0.226. The number of benzene rings is 1. The number of carbonyl (C=O) groups is 2. The molecule has 100 valence electrons. The Balaban J connectivity index is 2.79. The maximum Gasteiger partial charge on any atom is 0.221 e. The fourth-order valence-electron chi connectivity index (χ4n) is 1.40. The van der Waals surface area contributed by atoms with Crippen molar-refractivity contribution in [2.24, 2.45) is 0 Å². The molecule has 1 N–H and O–H groups in total. The molecule has 1 aromatic carbocycles. The van der Waals surface area contributed by atoms with Gasteiger partial charge in [-0.25, -0.2) is 8.42 Å². The van der Waals surface area contributed by atoms with Gasteiger partial charge in [0.1, 0.15) is 11.5 Å². The van der Waals surface area contributed by atoms with Gasteiger partial charge in [0.05, 0.1) is 0 Å². The average molecular weight is 279 g/mol. The standard InChI is InChI=1S/C13H13NO4S/c1-3-8-19(17,18)9-13(16)11-4-6-12(7-5-11)14-10(2)15/h1,4-7H,8-9H2,2H3,(H,14,15). The fourth-order valence-corrected chi connectivity index (χ4v) is 2.33. The molecule has 0 saturated heterocycles. The molecule has 1 amide bonds. The Hall–Kier alpha value is -2.13. The van der Waals surface area contributed by atoms with E-state index in [9.17, 15) is 18.0 Å². The van der Waals surface area contributed by atoms with Crippen LogP contribution in [0.25, 0.3) is 0 Å². The van der Waals surface area contributed by atoms with Crippen molar-refractivity contribution in [1.82, 2.24) is 0 Å². The highest BCUT2D eigenvalue weighted by molar-refractivity contribution is 7.92. The van der Waals surface area contributed by atoms with E-state index in [0.717, 1.165) is 0 Å². The minimum atomic E-state index is -3.56. The maximum atomic E-state index is 11.7. The number of rotatable bonds is 5. The molecule has 0 radical (unpaired) electrons. The van der Waals surface area contributed by atoms with Gasteiger partial charge >= 0.3 is 0 Å². The number of sulfone groups is 1. The normalized spacial score (nSPS) is 10.5. The van der Waals surface area contributed by atoms with Crippen LogP contribution in [0.1, 0.15) is 17.3 Å². The molecule has 0 bridgehead atoms. The zero-order valence-corrected chi connectivity index (χ0v) is 11.2. The smallest absolute Gasteiger partial charge is 0.221 e. The van der Waals surface area contributed by atoms with Crippen LogP contribution in [-0.4, -0.2) is 31.6 Å². The van der Waals surface area contributed by atoms with E-state index < -0.39 is 27.1 Å². The predicted molar refractivity (Wildman–Crippen MR) is 72.6 cm³/mol. The lowest BCUT2D eigenvalue weighted by atomic mass is 10.1. The summed E-state index contributed by atoms with van der Waals surface area (Å²) in [5, 5.41) is 2.54. The average Bonchev–Trinajstić information content (AvgIpc) is 2.28. The second kappa shape index (κ2) is 6.16. The number of amides is 1. The summed E-state index contributed by atoms with van der Waals surface area (Å²) >= 11 is 0. The van der Waals surface area contributed by atoms with Crippen molar-refractivity contribution >= 4 is 27.2 Å².